The minimum absolute atomic E-state index is 0.229. The highest BCUT2D eigenvalue weighted by Gasteiger charge is 2.22. The molecule has 0 spiro atoms. The Morgan fingerprint density at radius 3 is 2.75 bits per heavy atom. The highest BCUT2D eigenvalue weighted by Crippen LogP contribution is 2.29. The van der Waals surface area contributed by atoms with E-state index in [-0.39, 0.29) is 6.10 Å². The summed E-state index contributed by atoms with van der Waals surface area (Å²) in [7, 11) is 0. The van der Waals surface area contributed by atoms with Crippen molar-refractivity contribution in [3.8, 4) is 5.75 Å². The van der Waals surface area contributed by atoms with Gasteiger partial charge in [-0.1, -0.05) is 0 Å². The van der Waals surface area contributed by atoms with Crippen LogP contribution in [0, 0.1) is 5.92 Å². The Morgan fingerprint density at radius 2 is 2.12 bits per heavy atom. The number of nitrogens with zero attached hydrogens (tertiary/aromatic N) is 1. The van der Waals surface area contributed by atoms with E-state index in [0.717, 1.165) is 31.4 Å². The molecule has 1 aliphatic rings. The Kier molecular flexibility index (Phi) is 3.62. The first-order valence-corrected chi connectivity index (χ1v) is 5.76. The molecular formula is C12H18N2O2. The molecular weight excluding hydrogens is 204 g/mol. The molecule has 3 N–H and O–H groups in total. The maximum Gasteiger partial charge on any atom is 0.145 e. The highest BCUT2D eigenvalue weighted by molar-refractivity contribution is 5.49. The van der Waals surface area contributed by atoms with Crippen LogP contribution in [-0.2, 0) is 0 Å². The lowest BCUT2D eigenvalue weighted by molar-refractivity contribution is 0.104. The Labute approximate surface area is 95.4 Å². The molecule has 0 amide bonds. The fourth-order valence-corrected chi connectivity index (χ4v) is 2.11. The summed E-state index contributed by atoms with van der Waals surface area (Å²) in [4.78, 5) is 3.93. The van der Waals surface area contributed by atoms with Crippen molar-refractivity contribution in [2.24, 2.45) is 5.92 Å². The summed E-state index contributed by atoms with van der Waals surface area (Å²) < 4.78 is 5.83. The van der Waals surface area contributed by atoms with Crippen LogP contribution in [-0.4, -0.2) is 22.8 Å². The number of rotatable bonds is 3. The van der Waals surface area contributed by atoms with Gasteiger partial charge in [0, 0.05) is 18.9 Å². The molecule has 1 aliphatic carbocycles. The second-order valence-electron chi connectivity index (χ2n) is 4.36. The number of anilines is 1. The van der Waals surface area contributed by atoms with Crippen LogP contribution in [0.15, 0.2) is 18.5 Å². The average molecular weight is 222 g/mol. The van der Waals surface area contributed by atoms with Crippen LogP contribution < -0.4 is 10.5 Å². The number of ether oxygens (including phenoxy) is 1. The molecule has 1 saturated carbocycles. The number of aromatic nitrogens is 1. The number of aliphatic hydroxyl groups excluding tert-OH is 1. The summed E-state index contributed by atoms with van der Waals surface area (Å²) in [5, 5.41) is 9.04. The van der Waals surface area contributed by atoms with Gasteiger partial charge in [-0.15, -0.1) is 0 Å². The number of aliphatic hydroxyl groups is 1. The third-order valence-electron chi connectivity index (χ3n) is 3.16. The summed E-state index contributed by atoms with van der Waals surface area (Å²) in [6.45, 7) is 0.296. The van der Waals surface area contributed by atoms with E-state index in [2.05, 4.69) is 4.98 Å². The molecule has 0 radical (unpaired) electrons. The van der Waals surface area contributed by atoms with E-state index >= 15 is 0 Å². The molecule has 0 unspecified atom stereocenters. The SMILES string of the molecule is Nc1cnccc1O[C@H]1CC[C@@H](CO)CC1. The highest BCUT2D eigenvalue weighted by atomic mass is 16.5. The number of nitrogens with two attached hydrogens (primary N) is 1. The summed E-state index contributed by atoms with van der Waals surface area (Å²) in [5.74, 6) is 1.18. The van der Waals surface area contributed by atoms with Crippen molar-refractivity contribution in [1.82, 2.24) is 4.98 Å². The van der Waals surface area contributed by atoms with Crippen LogP contribution in [0.5, 0.6) is 5.75 Å². The van der Waals surface area contributed by atoms with Crippen LogP contribution in [0.2, 0.25) is 0 Å². The van der Waals surface area contributed by atoms with Crippen molar-refractivity contribution < 1.29 is 9.84 Å². The lowest BCUT2D eigenvalue weighted by Gasteiger charge is -2.28. The molecule has 4 nitrogen and oxygen atoms in total. The monoisotopic (exact) mass is 222 g/mol. The van der Waals surface area contributed by atoms with Crippen molar-refractivity contribution in [3.63, 3.8) is 0 Å². The summed E-state index contributed by atoms with van der Waals surface area (Å²) in [6, 6.07) is 1.80. The second kappa shape index (κ2) is 5.16. The molecule has 88 valence electrons. The molecule has 0 bridgehead atoms. The molecule has 16 heavy (non-hydrogen) atoms. The van der Waals surface area contributed by atoms with Crippen molar-refractivity contribution in [2.75, 3.05) is 12.3 Å². The van der Waals surface area contributed by atoms with Crippen molar-refractivity contribution in [3.05, 3.63) is 18.5 Å². The van der Waals surface area contributed by atoms with Gasteiger partial charge in [-0.25, -0.2) is 0 Å². The van der Waals surface area contributed by atoms with Crippen molar-refractivity contribution >= 4 is 5.69 Å². The van der Waals surface area contributed by atoms with Crippen LogP contribution in [0.4, 0.5) is 5.69 Å². The zero-order chi connectivity index (χ0) is 11.4. The predicted octanol–water partition coefficient (Wildman–Crippen LogP) is 1.59. The molecule has 0 aromatic carbocycles. The van der Waals surface area contributed by atoms with E-state index in [9.17, 15) is 0 Å². The summed E-state index contributed by atoms with van der Waals surface area (Å²) in [5.41, 5.74) is 6.35. The zero-order valence-corrected chi connectivity index (χ0v) is 9.30. The Morgan fingerprint density at radius 1 is 1.38 bits per heavy atom. The molecule has 2 rings (SSSR count). The van der Waals surface area contributed by atoms with Gasteiger partial charge in [0.25, 0.3) is 0 Å². The van der Waals surface area contributed by atoms with Gasteiger partial charge in [-0.3, -0.25) is 4.98 Å². The number of nitrogen functional groups attached to an aromatic ring is 1. The normalized spacial score (nSPS) is 25.3. The standard InChI is InChI=1S/C12H18N2O2/c13-11-7-14-6-5-12(11)16-10-3-1-9(8-15)2-4-10/h5-7,9-10,15H,1-4,8,13H2/t9-,10+. The van der Waals surface area contributed by atoms with Gasteiger partial charge in [0.05, 0.1) is 18.0 Å². The van der Waals surface area contributed by atoms with Gasteiger partial charge in [0.2, 0.25) is 0 Å². The Bertz CT molecular complexity index is 336. The molecule has 0 aliphatic heterocycles. The lowest BCUT2D eigenvalue weighted by atomic mass is 9.88. The van der Waals surface area contributed by atoms with E-state index in [1.165, 1.54) is 0 Å². The first-order valence-electron chi connectivity index (χ1n) is 5.76. The van der Waals surface area contributed by atoms with Gasteiger partial charge in [0.15, 0.2) is 0 Å². The maximum atomic E-state index is 9.04. The van der Waals surface area contributed by atoms with Crippen LogP contribution in [0.1, 0.15) is 25.7 Å². The second-order valence-corrected chi connectivity index (χ2v) is 4.36. The van der Waals surface area contributed by atoms with Gasteiger partial charge in [-0.2, -0.15) is 0 Å². The van der Waals surface area contributed by atoms with Crippen LogP contribution in [0.3, 0.4) is 0 Å². The topological polar surface area (TPSA) is 68.4 Å². The van der Waals surface area contributed by atoms with Gasteiger partial charge >= 0.3 is 0 Å². The Balaban J connectivity index is 1.89. The van der Waals surface area contributed by atoms with Gasteiger partial charge in [0.1, 0.15) is 5.75 Å². The van der Waals surface area contributed by atoms with E-state index < -0.39 is 0 Å². The smallest absolute Gasteiger partial charge is 0.145 e. The van der Waals surface area contributed by atoms with E-state index in [1.54, 1.807) is 18.5 Å². The minimum atomic E-state index is 0.229. The molecule has 4 heteroatoms. The molecule has 1 fully saturated rings. The van der Waals surface area contributed by atoms with E-state index in [4.69, 9.17) is 15.6 Å². The van der Waals surface area contributed by atoms with Gasteiger partial charge < -0.3 is 15.6 Å². The third-order valence-corrected chi connectivity index (χ3v) is 3.16. The van der Waals surface area contributed by atoms with E-state index in [1.807, 2.05) is 0 Å². The number of hydrogen-bond donors (Lipinski definition) is 2. The fraction of sp³-hybridized carbons (Fsp3) is 0.583. The first kappa shape index (κ1) is 11.2. The average Bonchev–Trinajstić information content (AvgIpc) is 2.33. The molecule has 0 saturated heterocycles. The molecule has 1 aromatic heterocycles. The summed E-state index contributed by atoms with van der Waals surface area (Å²) >= 11 is 0. The van der Waals surface area contributed by atoms with E-state index in [0.29, 0.717) is 18.2 Å². The third kappa shape index (κ3) is 2.64. The quantitative estimate of drug-likeness (QED) is 0.815. The summed E-state index contributed by atoms with van der Waals surface area (Å²) in [6.07, 6.45) is 7.57. The zero-order valence-electron chi connectivity index (χ0n) is 9.30. The Hall–Kier alpha value is -1.29. The molecule has 1 aromatic rings. The molecule has 0 atom stereocenters. The van der Waals surface area contributed by atoms with Crippen molar-refractivity contribution in [1.29, 1.82) is 0 Å². The van der Waals surface area contributed by atoms with Crippen LogP contribution >= 0.6 is 0 Å². The van der Waals surface area contributed by atoms with Gasteiger partial charge in [-0.05, 0) is 31.6 Å². The number of hydrogen-bond acceptors (Lipinski definition) is 4. The van der Waals surface area contributed by atoms with Crippen LogP contribution in [0.25, 0.3) is 0 Å². The number of pyridine rings is 1. The maximum absolute atomic E-state index is 9.04. The predicted molar refractivity (Wildman–Crippen MR) is 62.1 cm³/mol. The first-order chi connectivity index (χ1) is 7.79. The molecule has 1 heterocycles. The minimum Gasteiger partial charge on any atom is -0.488 e. The fourth-order valence-electron chi connectivity index (χ4n) is 2.11. The lowest BCUT2D eigenvalue weighted by Crippen LogP contribution is -2.25. The van der Waals surface area contributed by atoms with Crippen molar-refractivity contribution in [2.45, 2.75) is 31.8 Å². The largest absolute Gasteiger partial charge is 0.488 e.